The van der Waals surface area contributed by atoms with Gasteiger partial charge in [0.1, 0.15) is 22.0 Å². The predicted molar refractivity (Wildman–Crippen MR) is 131 cm³/mol. The van der Waals surface area contributed by atoms with Crippen LogP contribution in [-0.2, 0) is 20.3 Å². The number of hydrogen-bond donors (Lipinski definition) is 3. The average molecular weight is 592 g/mol. The van der Waals surface area contributed by atoms with Gasteiger partial charge in [-0.1, -0.05) is 27.5 Å². The highest BCUT2D eigenvalue weighted by atomic mass is 79.9. The van der Waals surface area contributed by atoms with E-state index >= 15 is 4.39 Å². The van der Waals surface area contributed by atoms with Crippen LogP contribution in [0.15, 0.2) is 27.6 Å². The van der Waals surface area contributed by atoms with E-state index < -0.39 is 49.3 Å². The molecular formula is C23H25BrClFN2O6S. The molecule has 2 fully saturated rings. The Morgan fingerprint density at radius 2 is 1.89 bits per heavy atom. The fourth-order valence-electron chi connectivity index (χ4n) is 4.04. The van der Waals surface area contributed by atoms with Crippen molar-refractivity contribution in [2.75, 3.05) is 39.4 Å². The van der Waals surface area contributed by atoms with Gasteiger partial charge in [-0.15, -0.1) is 0 Å². The Bertz CT molecular complexity index is 1250. The van der Waals surface area contributed by atoms with Crippen molar-refractivity contribution >= 4 is 43.3 Å². The first kappa shape index (κ1) is 26.2. The largest absolute Gasteiger partial charge is 0.507 e. The van der Waals surface area contributed by atoms with Crippen LogP contribution >= 0.6 is 27.5 Å². The van der Waals surface area contributed by atoms with Gasteiger partial charge in [-0.2, -0.15) is 0 Å². The van der Waals surface area contributed by atoms with E-state index in [9.17, 15) is 23.4 Å². The molecule has 0 unspecified atom stereocenters. The number of phenols is 2. The van der Waals surface area contributed by atoms with Crippen LogP contribution in [0.1, 0.15) is 40.2 Å². The molecule has 1 aliphatic carbocycles. The molecule has 1 saturated carbocycles. The Balaban J connectivity index is 1.62. The molecule has 2 aliphatic rings. The number of sulfone groups is 1. The minimum Gasteiger partial charge on any atom is -0.507 e. The second-order valence-corrected chi connectivity index (χ2v) is 11.9. The van der Waals surface area contributed by atoms with Crippen LogP contribution in [0.4, 0.5) is 4.39 Å². The summed E-state index contributed by atoms with van der Waals surface area (Å²) in [6.07, 6.45) is 1.40. The summed E-state index contributed by atoms with van der Waals surface area (Å²) in [6, 6.07) is 3.83. The Hall–Kier alpha value is -1.92. The number of rotatable bonds is 8. The molecule has 0 aromatic heterocycles. The van der Waals surface area contributed by atoms with Crippen LogP contribution in [0.5, 0.6) is 11.5 Å². The van der Waals surface area contributed by atoms with Gasteiger partial charge in [0, 0.05) is 36.2 Å². The van der Waals surface area contributed by atoms with Crippen molar-refractivity contribution in [3.8, 4) is 11.5 Å². The number of carbonyl (C=O) groups is 1. The van der Waals surface area contributed by atoms with Crippen molar-refractivity contribution in [3.63, 3.8) is 0 Å². The molecule has 1 saturated heterocycles. The van der Waals surface area contributed by atoms with Gasteiger partial charge in [-0.25, -0.2) is 12.8 Å². The Kier molecular flexibility index (Phi) is 7.92. The molecule has 1 amide bonds. The van der Waals surface area contributed by atoms with Gasteiger partial charge >= 0.3 is 0 Å². The summed E-state index contributed by atoms with van der Waals surface area (Å²) in [7, 11) is -4.22. The van der Waals surface area contributed by atoms with Crippen molar-refractivity contribution in [1.29, 1.82) is 0 Å². The maximum Gasteiger partial charge on any atom is 0.258 e. The van der Waals surface area contributed by atoms with Crippen LogP contribution in [0, 0.1) is 5.82 Å². The summed E-state index contributed by atoms with van der Waals surface area (Å²) in [6.45, 7) is 3.41. The van der Waals surface area contributed by atoms with Gasteiger partial charge in [-0.3, -0.25) is 9.69 Å². The van der Waals surface area contributed by atoms with Crippen molar-refractivity contribution in [3.05, 3.63) is 50.2 Å². The third kappa shape index (κ3) is 5.91. The number of phenolic OH excluding ortho intramolecular Hbond substituents is 2. The van der Waals surface area contributed by atoms with E-state index in [0.29, 0.717) is 37.1 Å². The number of ether oxygens (including phenoxy) is 1. The first-order valence-corrected chi connectivity index (χ1v) is 13.9. The third-order valence-electron chi connectivity index (χ3n) is 6.08. The van der Waals surface area contributed by atoms with Crippen LogP contribution in [0.25, 0.3) is 0 Å². The van der Waals surface area contributed by atoms with Crippen molar-refractivity contribution in [2.45, 2.75) is 29.4 Å². The standard InChI is InChI=1S/C23H25BrClFN2O6S/c24-15-10-17(25)22(30)18(11-15)35(32,33)12-14-9-16(13-1-2-13)20(26)19(21(14)29)23(31)27-3-4-28-5-7-34-8-6-28/h9-11,13,29-30H,1-8,12H2,(H,27,31). The van der Waals surface area contributed by atoms with Gasteiger partial charge in [0.25, 0.3) is 5.91 Å². The zero-order valence-corrected chi connectivity index (χ0v) is 21.8. The smallest absolute Gasteiger partial charge is 0.258 e. The lowest BCUT2D eigenvalue weighted by atomic mass is 10.00. The SMILES string of the molecule is O=C(NCCN1CCOCC1)c1c(O)c(CS(=O)(=O)c2cc(Br)cc(Cl)c2O)cc(C2CC2)c1F. The quantitative estimate of drug-likeness (QED) is 0.430. The maximum atomic E-state index is 15.3. The molecule has 190 valence electrons. The molecule has 0 radical (unpaired) electrons. The minimum atomic E-state index is -4.22. The van der Waals surface area contributed by atoms with Gasteiger partial charge in [-0.05, 0) is 42.5 Å². The van der Waals surface area contributed by atoms with Crippen molar-refractivity contribution in [2.24, 2.45) is 0 Å². The molecule has 2 aromatic rings. The Morgan fingerprint density at radius 3 is 2.54 bits per heavy atom. The molecule has 0 spiro atoms. The van der Waals surface area contributed by atoms with Crippen LogP contribution in [0.3, 0.4) is 0 Å². The number of amides is 1. The van der Waals surface area contributed by atoms with E-state index in [-0.39, 0.29) is 28.6 Å². The molecule has 4 rings (SSSR count). The topological polar surface area (TPSA) is 116 Å². The highest BCUT2D eigenvalue weighted by molar-refractivity contribution is 9.10. The summed E-state index contributed by atoms with van der Waals surface area (Å²) < 4.78 is 47.2. The fraction of sp³-hybridized carbons (Fsp3) is 0.435. The lowest BCUT2D eigenvalue weighted by molar-refractivity contribution is 0.0383. The predicted octanol–water partition coefficient (Wildman–Crippen LogP) is 3.57. The third-order valence-corrected chi connectivity index (χ3v) is 8.50. The van der Waals surface area contributed by atoms with E-state index in [2.05, 4.69) is 26.1 Å². The first-order valence-electron chi connectivity index (χ1n) is 11.1. The highest BCUT2D eigenvalue weighted by Gasteiger charge is 2.34. The summed E-state index contributed by atoms with van der Waals surface area (Å²) in [5, 5.41) is 23.5. The molecule has 0 atom stereocenters. The second kappa shape index (κ2) is 10.6. The molecule has 1 heterocycles. The summed E-state index contributed by atoms with van der Waals surface area (Å²) in [4.78, 5) is 14.5. The summed E-state index contributed by atoms with van der Waals surface area (Å²) >= 11 is 9.07. The maximum absolute atomic E-state index is 15.3. The van der Waals surface area contributed by atoms with E-state index in [1.165, 1.54) is 18.2 Å². The Labute approximate surface area is 216 Å². The van der Waals surface area contributed by atoms with Crippen LogP contribution in [-0.4, -0.2) is 68.8 Å². The number of carbonyl (C=O) groups excluding carboxylic acids is 1. The fourth-order valence-corrected chi connectivity index (χ4v) is 6.55. The minimum absolute atomic E-state index is 0.123. The van der Waals surface area contributed by atoms with Gasteiger partial charge < -0.3 is 20.3 Å². The van der Waals surface area contributed by atoms with Crippen molar-refractivity contribution < 1.29 is 32.6 Å². The van der Waals surface area contributed by atoms with E-state index in [1.54, 1.807) is 0 Å². The number of nitrogens with zero attached hydrogens (tertiary/aromatic N) is 1. The number of benzene rings is 2. The lowest BCUT2D eigenvalue weighted by Crippen LogP contribution is -2.41. The Morgan fingerprint density at radius 1 is 1.20 bits per heavy atom. The van der Waals surface area contributed by atoms with Gasteiger partial charge in [0.05, 0.1) is 24.0 Å². The molecule has 0 bridgehead atoms. The zero-order valence-electron chi connectivity index (χ0n) is 18.7. The number of halogens is 3. The van der Waals surface area contributed by atoms with E-state index in [0.717, 1.165) is 13.1 Å². The first-order chi connectivity index (χ1) is 16.6. The number of nitrogens with one attached hydrogen (secondary N) is 1. The lowest BCUT2D eigenvalue weighted by Gasteiger charge is -2.26. The van der Waals surface area contributed by atoms with E-state index in [4.69, 9.17) is 16.3 Å². The van der Waals surface area contributed by atoms with Gasteiger partial charge in [0.2, 0.25) is 0 Å². The van der Waals surface area contributed by atoms with Crippen LogP contribution < -0.4 is 5.32 Å². The molecule has 35 heavy (non-hydrogen) atoms. The molecule has 3 N–H and O–H groups in total. The van der Waals surface area contributed by atoms with Crippen molar-refractivity contribution in [1.82, 2.24) is 10.2 Å². The molecular weight excluding hydrogens is 567 g/mol. The highest BCUT2D eigenvalue weighted by Crippen LogP contribution is 2.45. The van der Waals surface area contributed by atoms with Crippen LogP contribution in [0.2, 0.25) is 5.02 Å². The monoisotopic (exact) mass is 590 g/mol. The zero-order chi connectivity index (χ0) is 25.3. The molecule has 12 heteroatoms. The molecule has 1 aliphatic heterocycles. The second-order valence-electron chi connectivity index (χ2n) is 8.64. The number of morpholine rings is 1. The van der Waals surface area contributed by atoms with E-state index in [1.807, 2.05) is 0 Å². The molecule has 8 nitrogen and oxygen atoms in total. The number of aromatic hydroxyl groups is 2. The summed E-state index contributed by atoms with van der Waals surface area (Å²) in [5.74, 6) is -3.93. The van der Waals surface area contributed by atoms with Gasteiger partial charge in [0.15, 0.2) is 15.6 Å². The average Bonchev–Trinajstić information content (AvgIpc) is 3.64. The summed E-state index contributed by atoms with van der Waals surface area (Å²) in [5.41, 5.74) is -0.497. The normalized spacial score (nSPS) is 16.9. The number of hydrogen-bond acceptors (Lipinski definition) is 7. The molecule has 2 aromatic carbocycles.